The van der Waals surface area contributed by atoms with E-state index in [9.17, 15) is 23.3 Å². The number of benzene rings is 1. The summed E-state index contributed by atoms with van der Waals surface area (Å²) in [6, 6.07) is 1.85. The third-order valence-corrected chi connectivity index (χ3v) is 2.73. The van der Waals surface area contributed by atoms with E-state index >= 15 is 0 Å². The van der Waals surface area contributed by atoms with E-state index in [1.807, 2.05) is 0 Å². The van der Waals surface area contributed by atoms with Crippen LogP contribution in [0, 0.1) is 17.0 Å². The van der Waals surface area contributed by atoms with E-state index in [0.717, 1.165) is 12.1 Å². The van der Waals surface area contributed by atoms with Crippen LogP contribution in [0.15, 0.2) is 16.6 Å². The fraction of sp³-hybridized carbons (Fsp3) is 0.250. The Bertz CT molecular complexity index is 433. The third-order valence-electron chi connectivity index (χ3n) is 1.74. The van der Waals surface area contributed by atoms with Crippen molar-refractivity contribution in [2.24, 2.45) is 0 Å². The average molecular weight is 300 g/mol. The maximum Gasteiger partial charge on any atom is 0.573 e. The number of nitrogens with zero attached hydrogens (tertiary/aromatic N) is 1. The number of nitro groups is 1. The predicted octanol–water partition coefficient (Wildman–Crippen LogP) is 3.56. The molecule has 0 unspecified atom stereocenters. The number of rotatable bonds is 2. The Hall–Kier alpha value is -1.31. The van der Waals surface area contributed by atoms with Gasteiger partial charge in [0.05, 0.1) is 9.40 Å². The van der Waals surface area contributed by atoms with Crippen LogP contribution >= 0.6 is 15.9 Å². The van der Waals surface area contributed by atoms with E-state index in [4.69, 9.17) is 0 Å². The lowest BCUT2D eigenvalue weighted by molar-refractivity contribution is -0.385. The summed E-state index contributed by atoms with van der Waals surface area (Å²) >= 11 is 2.82. The van der Waals surface area contributed by atoms with Crippen LogP contribution in [0.1, 0.15) is 5.56 Å². The molecule has 88 valence electrons. The maximum atomic E-state index is 11.9. The van der Waals surface area contributed by atoms with Gasteiger partial charge in [0.2, 0.25) is 0 Å². The van der Waals surface area contributed by atoms with Crippen LogP contribution in [-0.2, 0) is 0 Å². The molecule has 0 aromatic heterocycles. The maximum absolute atomic E-state index is 11.9. The Labute approximate surface area is 96.3 Å². The molecule has 0 spiro atoms. The van der Waals surface area contributed by atoms with Gasteiger partial charge in [-0.25, -0.2) is 0 Å². The van der Waals surface area contributed by atoms with Gasteiger partial charge in [-0.3, -0.25) is 10.1 Å². The Morgan fingerprint density at radius 2 is 2.00 bits per heavy atom. The number of alkyl halides is 3. The molecule has 0 aliphatic carbocycles. The number of ether oxygens (including phenoxy) is 1. The zero-order valence-electron chi connectivity index (χ0n) is 7.84. The third kappa shape index (κ3) is 2.84. The number of nitro benzene ring substituents is 1. The van der Waals surface area contributed by atoms with Gasteiger partial charge in [-0.2, -0.15) is 0 Å². The lowest BCUT2D eigenvalue weighted by Gasteiger charge is -2.11. The minimum Gasteiger partial charge on any atom is -0.405 e. The van der Waals surface area contributed by atoms with E-state index in [1.54, 1.807) is 0 Å². The highest BCUT2D eigenvalue weighted by Crippen LogP contribution is 2.36. The van der Waals surface area contributed by atoms with Crippen molar-refractivity contribution in [2.45, 2.75) is 13.3 Å². The van der Waals surface area contributed by atoms with Gasteiger partial charge < -0.3 is 4.74 Å². The lowest BCUT2D eigenvalue weighted by atomic mass is 10.2. The quantitative estimate of drug-likeness (QED) is 0.620. The van der Waals surface area contributed by atoms with Crippen molar-refractivity contribution in [3.8, 4) is 5.75 Å². The second-order valence-corrected chi connectivity index (χ2v) is 3.62. The zero-order valence-corrected chi connectivity index (χ0v) is 9.42. The molecule has 1 aromatic rings. The van der Waals surface area contributed by atoms with Gasteiger partial charge in [0, 0.05) is 11.6 Å². The molecule has 0 aliphatic rings. The van der Waals surface area contributed by atoms with E-state index < -0.39 is 17.0 Å². The molecule has 0 heterocycles. The molecule has 0 N–H and O–H groups in total. The summed E-state index contributed by atoms with van der Waals surface area (Å²) in [6.45, 7) is 1.32. The summed E-state index contributed by atoms with van der Waals surface area (Å²) in [6.07, 6.45) is -4.83. The Morgan fingerprint density at radius 1 is 1.44 bits per heavy atom. The van der Waals surface area contributed by atoms with Gasteiger partial charge in [0.1, 0.15) is 5.75 Å². The second-order valence-electron chi connectivity index (χ2n) is 2.83. The van der Waals surface area contributed by atoms with Crippen molar-refractivity contribution in [2.75, 3.05) is 0 Å². The smallest absolute Gasteiger partial charge is 0.405 e. The van der Waals surface area contributed by atoms with Gasteiger partial charge in [-0.1, -0.05) is 0 Å². The molecule has 16 heavy (non-hydrogen) atoms. The van der Waals surface area contributed by atoms with Crippen molar-refractivity contribution >= 4 is 21.6 Å². The molecule has 8 heteroatoms. The number of hydrogen-bond donors (Lipinski definition) is 0. The van der Waals surface area contributed by atoms with Crippen LogP contribution in [0.5, 0.6) is 5.75 Å². The fourth-order valence-corrected chi connectivity index (χ4v) is 1.47. The zero-order chi connectivity index (χ0) is 12.5. The van der Waals surface area contributed by atoms with Gasteiger partial charge in [0.25, 0.3) is 5.69 Å². The normalized spacial score (nSPS) is 11.3. The monoisotopic (exact) mass is 299 g/mol. The molecule has 0 saturated heterocycles. The lowest BCUT2D eigenvalue weighted by Crippen LogP contribution is -2.17. The van der Waals surface area contributed by atoms with E-state index in [-0.39, 0.29) is 15.7 Å². The molecule has 1 aromatic carbocycles. The number of halogens is 4. The summed E-state index contributed by atoms with van der Waals surface area (Å²) in [5.74, 6) is -0.504. The first kappa shape index (κ1) is 12.8. The first-order chi connectivity index (χ1) is 7.22. The summed E-state index contributed by atoms with van der Waals surface area (Å²) in [7, 11) is 0. The topological polar surface area (TPSA) is 52.4 Å². The van der Waals surface area contributed by atoms with Gasteiger partial charge in [-0.05, 0) is 28.9 Å². The summed E-state index contributed by atoms with van der Waals surface area (Å²) in [5.41, 5.74) is -0.201. The molecule has 0 atom stereocenters. The van der Waals surface area contributed by atoms with E-state index in [1.165, 1.54) is 6.92 Å². The second kappa shape index (κ2) is 4.28. The first-order valence-corrected chi connectivity index (χ1v) is 4.71. The SMILES string of the molecule is Cc1c([N+](=O)[O-])ccc(OC(F)(F)F)c1Br. The van der Waals surface area contributed by atoms with Crippen LogP contribution < -0.4 is 4.74 Å². The van der Waals surface area contributed by atoms with Crippen LogP contribution in [0.4, 0.5) is 18.9 Å². The van der Waals surface area contributed by atoms with Crippen molar-refractivity contribution in [3.63, 3.8) is 0 Å². The molecule has 1 rings (SSSR count). The fourth-order valence-electron chi connectivity index (χ4n) is 1.05. The van der Waals surface area contributed by atoms with Crippen LogP contribution in [0.25, 0.3) is 0 Å². The molecule has 4 nitrogen and oxygen atoms in total. The molecular formula is C8H5BrF3NO3. The van der Waals surface area contributed by atoms with Gasteiger partial charge in [0.15, 0.2) is 0 Å². The highest BCUT2D eigenvalue weighted by molar-refractivity contribution is 9.10. The summed E-state index contributed by atoms with van der Waals surface area (Å²) in [4.78, 5) is 9.81. The highest BCUT2D eigenvalue weighted by Gasteiger charge is 2.32. The molecule has 0 amide bonds. The van der Waals surface area contributed by atoms with Gasteiger partial charge >= 0.3 is 6.36 Å². The predicted molar refractivity (Wildman–Crippen MR) is 52.2 cm³/mol. The molecule has 0 bridgehead atoms. The van der Waals surface area contributed by atoms with Crippen molar-refractivity contribution < 1.29 is 22.8 Å². The van der Waals surface area contributed by atoms with Crippen LogP contribution in [0.2, 0.25) is 0 Å². The Kier molecular flexibility index (Phi) is 3.41. The molecule has 0 radical (unpaired) electrons. The molecule has 0 aliphatic heterocycles. The Morgan fingerprint density at radius 3 is 2.44 bits per heavy atom. The summed E-state index contributed by atoms with van der Waals surface area (Å²) in [5, 5.41) is 10.5. The standard InChI is InChI=1S/C8H5BrF3NO3/c1-4-5(13(14)15)2-3-6(7(4)9)16-8(10,11)12/h2-3H,1H3. The number of hydrogen-bond acceptors (Lipinski definition) is 3. The van der Waals surface area contributed by atoms with Gasteiger partial charge in [-0.15, -0.1) is 13.2 Å². The van der Waals surface area contributed by atoms with Crippen LogP contribution in [0.3, 0.4) is 0 Å². The van der Waals surface area contributed by atoms with E-state index in [2.05, 4.69) is 20.7 Å². The van der Waals surface area contributed by atoms with Crippen molar-refractivity contribution in [3.05, 3.63) is 32.3 Å². The highest BCUT2D eigenvalue weighted by atomic mass is 79.9. The van der Waals surface area contributed by atoms with E-state index in [0.29, 0.717) is 0 Å². The average Bonchev–Trinajstić information content (AvgIpc) is 2.10. The van der Waals surface area contributed by atoms with Crippen LogP contribution in [-0.4, -0.2) is 11.3 Å². The molecule has 0 saturated carbocycles. The molecule has 0 fully saturated rings. The van der Waals surface area contributed by atoms with Crippen molar-refractivity contribution in [1.29, 1.82) is 0 Å². The molecular weight excluding hydrogens is 295 g/mol. The summed E-state index contributed by atoms with van der Waals surface area (Å²) < 4.78 is 39.4. The minimum absolute atomic E-state index is 0.0757. The first-order valence-electron chi connectivity index (χ1n) is 3.91. The van der Waals surface area contributed by atoms with Crippen molar-refractivity contribution in [1.82, 2.24) is 0 Å². The largest absolute Gasteiger partial charge is 0.573 e. The minimum atomic E-state index is -4.83. The Balaban J connectivity index is 3.17.